The molecule has 0 bridgehead atoms. The van der Waals surface area contributed by atoms with Crippen molar-refractivity contribution in [3.05, 3.63) is 0 Å². The van der Waals surface area contributed by atoms with Crippen LogP contribution in [0.1, 0.15) is 6.92 Å². The van der Waals surface area contributed by atoms with E-state index < -0.39 is 0 Å². The van der Waals surface area contributed by atoms with Gasteiger partial charge in [0.1, 0.15) is 6.67 Å². The molecule has 0 spiro atoms. The topological polar surface area (TPSA) is 29.3 Å². The third-order valence-electron chi connectivity index (χ3n) is 1.53. The first kappa shape index (κ1) is 8.85. The lowest BCUT2D eigenvalue weighted by Crippen LogP contribution is -2.36. The van der Waals surface area contributed by atoms with Gasteiger partial charge in [-0.2, -0.15) is 0 Å². The first-order valence-electron chi connectivity index (χ1n) is 3.18. The molecule has 1 atom stereocenters. The van der Waals surface area contributed by atoms with Gasteiger partial charge >= 0.3 is 0 Å². The van der Waals surface area contributed by atoms with Gasteiger partial charge < -0.3 is 5.73 Å². The number of nitrogens with zero attached hydrogens (tertiary/aromatic N) is 1. The predicted octanol–water partition coefficient (Wildman–Crippen LogP) is 0.235. The maximum absolute atomic E-state index is 11.7. The van der Waals surface area contributed by atoms with E-state index in [1.165, 1.54) is 0 Å². The molecule has 0 fully saturated rings. The van der Waals surface area contributed by atoms with Gasteiger partial charge in [-0.25, -0.2) is 4.39 Å². The van der Waals surface area contributed by atoms with Crippen LogP contribution < -0.4 is 5.73 Å². The quantitative estimate of drug-likeness (QED) is 0.596. The summed E-state index contributed by atoms with van der Waals surface area (Å²) in [5.74, 6) is 0. The van der Waals surface area contributed by atoms with Crippen molar-refractivity contribution in [1.29, 1.82) is 0 Å². The second-order valence-corrected chi connectivity index (χ2v) is 2.25. The summed E-state index contributed by atoms with van der Waals surface area (Å²) < 4.78 is 11.7. The second kappa shape index (κ2) is 4.70. The minimum Gasteiger partial charge on any atom is -0.329 e. The van der Waals surface area contributed by atoms with Crippen LogP contribution in [0.2, 0.25) is 0 Å². The molecule has 0 rings (SSSR count). The highest BCUT2D eigenvalue weighted by Gasteiger charge is 2.04. The molecule has 0 amide bonds. The Morgan fingerprint density at radius 3 is 2.56 bits per heavy atom. The summed E-state index contributed by atoms with van der Waals surface area (Å²) in [5.41, 5.74) is 5.34. The van der Waals surface area contributed by atoms with Crippen LogP contribution in [-0.2, 0) is 0 Å². The standard InChI is InChI=1S/C6H15FN2/c1-6(5-8)9(2)4-3-7/h6H,3-5,8H2,1-2H3. The van der Waals surface area contributed by atoms with Crippen LogP contribution in [0.4, 0.5) is 4.39 Å². The molecule has 0 radical (unpaired) electrons. The SMILES string of the molecule is CC(CN)N(C)CCF. The predicted molar refractivity (Wildman–Crippen MR) is 37.1 cm³/mol. The Balaban J connectivity index is 3.32. The zero-order valence-corrected chi connectivity index (χ0v) is 6.10. The molecule has 0 aliphatic carbocycles. The summed E-state index contributed by atoms with van der Waals surface area (Å²) in [6.45, 7) is 2.77. The molecule has 0 aromatic carbocycles. The van der Waals surface area contributed by atoms with Gasteiger partial charge in [-0.1, -0.05) is 0 Å². The van der Waals surface area contributed by atoms with Crippen molar-refractivity contribution in [3.8, 4) is 0 Å². The Bertz CT molecular complexity index is 68.1. The molecule has 0 aliphatic rings. The van der Waals surface area contributed by atoms with Crippen molar-refractivity contribution >= 4 is 0 Å². The molecule has 0 heterocycles. The molecule has 1 unspecified atom stereocenters. The molecule has 0 aromatic heterocycles. The van der Waals surface area contributed by atoms with E-state index in [2.05, 4.69) is 0 Å². The molecule has 0 saturated heterocycles. The van der Waals surface area contributed by atoms with Gasteiger partial charge in [0.15, 0.2) is 0 Å². The Hall–Kier alpha value is -0.150. The average Bonchev–Trinajstić information content (AvgIpc) is 1.87. The first-order chi connectivity index (χ1) is 4.22. The van der Waals surface area contributed by atoms with Crippen molar-refractivity contribution in [1.82, 2.24) is 4.90 Å². The Kier molecular flexibility index (Phi) is 4.62. The van der Waals surface area contributed by atoms with Gasteiger partial charge in [-0.3, -0.25) is 4.90 Å². The Labute approximate surface area is 55.8 Å². The van der Waals surface area contributed by atoms with E-state index in [0.717, 1.165) is 0 Å². The monoisotopic (exact) mass is 134 g/mol. The fourth-order valence-corrected chi connectivity index (χ4v) is 0.534. The summed E-state index contributed by atoms with van der Waals surface area (Å²) in [6.07, 6.45) is 0. The van der Waals surface area contributed by atoms with Gasteiger partial charge in [0.25, 0.3) is 0 Å². The van der Waals surface area contributed by atoms with Gasteiger partial charge in [-0.15, -0.1) is 0 Å². The number of hydrogen-bond donors (Lipinski definition) is 1. The molecule has 0 aliphatic heterocycles. The summed E-state index contributed by atoms with van der Waals surface area (Å²) >= 11 is 0. The molecular weight excluding hydrogens is 119 g/mol. The van der Waals surface area contributed by atoms with Crippen LogP contribution in [0.5, 0.6) is 0 Å². The van der Waals surface area contributed by atoms with Crippen molar-refractivity contribution in [2.45, 2.75) is 13.0 Å². The van der Waals surface area contributed by atoms with E-state index in [4.69, 9.17) is 5.73 Å². The minimum absolute atomic E-state index is 0.291. The largest absolute Gasteiger partial charge is 0.329 e. The number of likely N-dealkylation sites (N-methyl/N-ethyl adjacent to an activating group) is 1. The Morgan fingerprint density at radius 2 is 2.22 bits per heavy atom. The lowest BCUT2D eigenvalue weighted by atomic mass is 10.3. The lowest BCUT2D eigenvalue weighted by Gasteiger charge is -2.21. The van der Waals surface area contributed by atoms with Gasteiger partial charge in [0.2, 0.25) is 0 Å². The molecular formula is C6H15FN2. The fraction of sp³-hybridized carbons (Fsp3) is 1.00. The Morgan fingerprint density at radius 1 is 1.67 bits per heavy atom. The number of nitrogens with two attached hydrogens (primary N) is 1. The van der Waals surface area contributed by atoms with Crippen LogP contribution >= 0.6 is 0 Å². The second-order valence-electron chi connectivity index (χ2n) is 2.25. The number of halogens is 1. The van der Waals surface area contributed by atoms with Crippen LogP contribution in [0, 0.1) is 0 Å². The molecule has 2 nitrogen and oxygen atoms in total. The number of alkyl halides is 1. The fourth-order valence-electron chi connectivity index (χ4n) is 0.534. The summed E-state index contributed by atoms with van der Waals surface area (Å²) in [5, 5.41) is 0. The van der Waals surface area contributed by atoms with Crippen molar-refractivity contribution < 1.29 is 4.39 Å². The number of rotatable bonds is 4. The zero-order valence-electron chi connectivity index (χ0n) is 6.10. The molecule has 0 aromatic rings. The van der Waals surface area contributed by atoms with E-state index in [-0.39, 0.29) is 6.67 Å². The average molecular weight is 134 g/mol. The van der Waals surface area contributed by atoms with Crippen molar-refractivity contribution in [3.63, 3.8) is 0 Å². The summed E-state index contributed by atoms with van der Waals surface area (Å²) in [6, 6.07) is 0.292. The third kappa shape index (κ3) is 3.43. The van der Waals surface area contributed by atoms with Gasteiger partial charge in [0, 0.05) is 19.1 Å². The van der Waals surface area contributed by atoms with Gasteiger partial charge in [0.05, 0.1) is 0 Å². The van der Waals surface area contributed by atoms with E-state index >= 15 is 0 Å². The highest BCUT2D eigenvalue weighted by Crippen LogP contribution is 1.91. The lowest BCUT2D eigenvalue weighted by molar-refractivity contribution is 0.239. The van der Waals surface area contributed by atoms with Crippen LogP contribution in [0.15, 0.2) is 0 Å². The molecule has 9 heavy (non-hydrogen) atoms. The summed E-state index contributed by atoms with van der Waals surface area (Å²) in [7, 11) is 1.87. The maximum Gasteiger partial charge on any atom is 0.102 e. The molecule has 56 valence electrons. The highest BCUT2D eigenvalue weighted by molar-refractivity contribution is 4.61. The molecule has 3 heteroatoms. The zero-order chi connectivity index (χ0) is 7.28. The van der Waals surface area contributed by atoms with E-state index in [9.17, 15) is 4.39 Å². The van der Waals surface area contributed by atoms with E-state index in [1.807, 2.05) is 18.9 Å². The van der Waals surface area contributed by atoms with Crippen LogP contribution in [-0.4, -0.2) is 37.8 Å². The first-order valence-corrected chi connectivity index (χ1v) is 3.18. The van der Waals surface area contributed by atoms with E-state index in [1.54, 1.807) is 0 Å². The maximum atomic E-state index is 11.7. The van der Waals surface area contributed by atoms with Crippen LogP contribution in [0.25, 0.3) is 0 Å². The molecule has 2 N–H and O–H groups in total. The smallest absolute Gasteiger partial charge is 0.102 e. The number of hydrogen-bond acceptors (Lipinski definition) is 2. The molecule has 0 saturated carbocycles. The van der Waals surface area contributed by atoms with Crippen molar-refractivity contribution in [2.24, 2.45) is 5.73 Å². The van der Waals surface area contributed by atoms with E-state index in [0.29, 0.717) is 19.1 Å². The highest BCUT2D eigenvalue weighted by atomic mass is 19.1. The van der Waals surface area contributed by atoms with Crippen molar-refractivity contribution in [2.75, 3.05) is 26.8 Å². The van der Waals surface area contributed by atoms with Gasteiger partial charge in [-0.05, 0) is 14.0 Å². The normalized spacial score (nSPS) is 14.3. The minimum atomic E-state index is -0.291. The third-order valence-corrected chi connectivity index (χ3v) is 1.53. The van der Waals surface area contributed by atoms with Crippen LogP contribution in [0.3, 0.4) is 0 Å². The summed E-state index contributed by atoms with van der Waals surface area (Å²) in [4.78, 5) is 1.90.